The van der Waals surface area contributed by atoms with E-state index in [9.17, 15) is 24.0 Å². The van der Waals surface area contributed by atoms with Gasteiger partial charge < -0.3 is 19.4 Å². The highest BCUT2D eigenvalue weighted by atomic mass is 35.5. The van der Waals surface area contributed by atoms with Crippen LogP contribution < -0.4 is 5.32 Å². The number of imide groups is 2. The molecule has 14 nitrogen and oxygen atoms in total. The van der Waals surface area contributed by atoms with Crippen molar-refractivity contribution in [2.24, 2.45) is 10.8 Å². The predicted molar refractivity (Wildman–Crippen MR) is 327 cm³/mol. The summed E-state index contributed by atoms with van der Waals surface area (Å²) in [6.45, 7) is 15.5. The Balaban J connectivity index is 0.000000204. The van der Waals surface area contributed by atoms with Crippen molar-refractivity contribution >= 4 is 68.5 Å². The highest BCUT2D eigenvalue weighted by Crippen LogP contribution is 2.40. The van der Waals surface area contributed by atoms with E-state index in [0.29, 0.717) is 54.7 Å². The van der Waals surface area contributed by atoms with E-state index in [0.717, 1.165) is 46.3 Å². The molecule has 2 aliphatic heterocycles. The average Bonchev–Trinajstić information content (AvgIpc) is 4.38. The number of hydrogen-bond acceptors (Lipinski definition) is 9. The first-order valence-corrected chi connectivity index (χ1v) is 28.6. The molecule has 6 aromatic carbocycles. The van der Waals surface area contributed by atoms with Crippen molar-refractivity contribution in [3.8, 4) is 22.5 Å². The number of nitrogens with zero attached hydrogens (tertiary/aromatic N) is 7. The van der Waals surface area contributed by atoms with Gasteiger partial charge in [0.15, 0.2) is 0 Å². The first-order chi connectivity index (χ1) is 39.7. The summed E-state index contributed by atoms with van der Waals surface area (Å²) in [7, 11) is 0. The van der Waals surface area contributed by atoms with Gasteiger partial charge in [-0.25, -0.2) is 9.97 Å². The highest BCUT2D eigenvalue weighted by molar-refractivity contribution is 6.93. The number of aromatic nitrogens is 4. The molecular weight excluding hydrogens is 1110 g/mol. The molecule has 1 N–H and O–H groups in total. The van der Waals surface area contributed by atoms with Gasteiger partial charge in [-0.2, -0.15) is 0 Å². The van der Waals surface area contributed by atoms with E-state index in [4.69, 9.17) is 26.4 Å². The average molecular weight is 1170 g/mol. The van der Waals surface area contributed by atoms with Crippen molar-refractivity contribution in [1.82, 2.24) is 39.1 Å². The molecular formula is C66H67Cl3N8O6. The third-order valence-corrected chi connectivity index (χ3v) is 14.5. The second kappa shape index (κ2) is 27.4. The molecule has 0 aliphatic carbocycles. The number of carbonyl (C=O) groups is 6. The van der Waals surface area contributed by atoms with Gasteiger partial charge in [-0.1, -0.05) is 187 Å². The number of benzene rings is 6. The lowest BCUT2D eigenvalue weighted by Gasteiger charge is -2.39. The minimum absolute atomic E-state index is 0.0362. The van der Waals surface area contributed by atoms with Crippen LogP contribution >= 0.6 is 34.8 Å². The van der Waals surface area contributed by atoms with E-state index in [1.54, 1.807) is 53.4 Å². The summed E-state index contributed by atoms with van der Waals surface area (Å²) in [5.74, 6) is 0.656. The van der Waals surface area contributed by atoms with Crippen molar-refractivity contribution in [3.63, 3.8) is 0 Å². The quantitative estimate of drug-likeness (QED) is 0.0382. The SMILES string of the molecule is CC(C)(C)[C@@H](NCCCN1C(=O)c2ccccc2C1=O)c1nc(-c2ccccc2)cn1Cc1ccccc1.CC(C)(C)[C@H](c1nc(-c2ccccc2)cn1Cc1ccccc1)N(CCCN1C(=O)c2ccccc2C1=O)C(=O)Cl.O=C(Cl)Cl. The van der Waals surface area contributed by atoms with E-state index >= 15 is 0 Å². The van der Waals surface area contributed by atoms with E-state index < -0.39 is 21.5 Å². The molecule has 2 aromatic heterocycles. The van der Waals surface area contributed by atoms with Crippen molar-refractivity contribution in [2.45, 2.75) is 79.6 Å². The van der Waals surface area contributed by atoms with E-state index in [1.807, 2.05) is 79.0 Å². The van der Waals surface area contributed by atoms with Crippen molar-refractivity contribution in [1.29, 1.82) is 0 Å². The van der Waals surface area contributed by atoms with Gasteiger partial charge in [-0.05, 0) is 100 Å². The Labute approximate surface area is 500 Å². The number of imidazole rings is 2. The van der Waals surface area contributed by atoms with Crippen LogP contribution in [0.15, 0.2) is 182 Å². The van der Waals surface area contributed by atoms with Crippen molar-refractivity contribution in [2.75, 3.05) is 26.2 Å². The molecule has 2 atom stereocenters. The van der Waals surface area contributed by atoms with Crippen molar-refractivity contribution in [3.05, 3.63) is 227 Å². The molecule has 0 saturated carbocycles. The summed E-state index contributed by atoms with van der Waals surface area (Å²) in [5, 5.41) is 3.10. The van der Waals surface area contributed by atoms with Crippen LogP contribution in [0.1, 0.15) is 131 Å². The number of hydrogen-bond donors (Lipinski definition) is 1. The van der Waals surface area contributed by atoms with Crippen LogP contribution in [0.2, 0.25) is 0 Å². The standard InChI is InChI=1S/C33H33ClN4O3.C32H34N4O2.CCl2O/c1-33(2,3)28(37(32(34)41)19-12-20-38-30(39)25-17-10-11-18-26(25)31(38)40)29-35-27(24-15-8-5-9-16-24)22-36(29)21-23-13-6-4-7-14-23;1-32(2,3)28(33-19-12-20-36-30(37)25-17-10-11-18-26(25)31(36)38)29-34-27(24-15-8-5-9-16-24)22-35(29)21-23-13-6-4-7-14-23;2-1(3)4/h4-11,13-18,22,28H,12,19-21H2,1-3H3;4-11,13-18,22,28,33H,12,19-21H2,1-3H3;/t2*28-;/m00./s1. The van der Waals surface area contributed by atoms with Crippen LogP contribution in [-0.2, 0) is 13.1 Å². The smallest absolute Gasteiger partial charge is 0.317 e. The Hall–Kier alpha value is -8.01. The number of nitrogens with one attached hydrogen (secondary N) is 1. The zero-order valence-electron chi connectivity index (χ0n) is 47.3. The van der Waals surface area contributed by atoms with Crippen LogP contribution in [0, 0.1) is 10.8 Å². The molecule has 5 amide bonds. The highest BCUT2D eigenvalue weighted by Gasteiger charge is 2.40. The Bertz CT molecular complexity index is 3490. The molecule has 0 saturated heterocycles. The fraction of sp³-hybridized carbons (Fsp3) is 0.273. The molecule has 428 valence electrons. The van der Waals surface area contributed by atoms with Crippen LogP contribution in [0.25, 0.3) is 22.5 Å². The number of amides is 5. The van der Waals surface area contributed by atoms with Gasteiger partial charge in [0.25, 0.3) is 23.6 Å². The van der Waals surface area contributed by atoms with Gasteiger partial charge in [-0.3, -0.25) is 38.6 Å². The second-order valence-corrected chi connectivity index (χ2v) is 23.6. The number of rotatable bonds is 18. The van der Waals surface area contributed by atoms with E-state index in [1.165, 1.54) is 15.4 Å². The zero-order chi connectivity index (χ0) is 59.4. The number of fused-ring (bicyclic) bond motifs is 2. The Morgan fingerprint density at radius 3 is 1.22 bits per heavy atom. The molecule has 0 unspecified atom stereocenters. The normalized spacial score (nSPS) is 13.6. The maximum Gasteiger partial charge on any atom is 0.317 e. The lowest BCUT2D eigenvalue weighted by atomic mass is 9.85. The third kappa shape index (κ3) is 15.2. The minimum atomic E-state index is -0.889. The van der Waals surface area contributed by atoms with Gasteiger partial charge in [0.2, 0.25) is 0 Å². The Morgan fingerprint density at radius 1 is 0.494 bits per heavy atom. The van der Waals surface area contributed by atoms with Gasteiger partial charge >= 0.3 is 10.1 Å². The predicted octanol–water partition coefficient (Wildman–Crippen LogP) is 14.6. The first-order valence-electron chi connectivity index (χ1n) is 27.5. The van der Waals surface area contributed by atoms with Crippen LogP contribution in [0.3, 0.4) is 0 Å². The van der Waals surface area contributed by atoms with E-state index in [2.05, 4.69) is 134 Å². The summed E-state index contributed by atoms with van der Waals surface area (Å²) in [4.78, 5) is 87.6. The fourth-order valence-electron chi connectivity index (χ4n) is 10.5. The molecule has 0 fully saturated rings. The zero-order valence-corrected chi connectivity index (χ0v) is 49.6. The lowest BCUT2D eigenvalue weighted by Crippen LogP contribution is -2.42. The Morgan fingerprint density at radius 2 is 0.843 bits per heavy atom. The maximum atomic E-state index is 13.0. The van der Waals surface area contributed by atoms with Crippen molar-refractivity contribution < 1.29 is 28.8 Å². The van der Waals surface area contributed by atoms with Crippen LogP contribution in [-0.4, -0.2) is 93.7 Å². The summed E-state index contributed by atoms with van der Waals surface area (Å²) in [6.07, 6.45) is 5.19. The number of carbonyl (C=O) groups excluding carboxylic acids is 6. The lowest BCUT2D eigenvalue weighted by molar-refractivity contribution is 0.0629. The van der Waals surface area contributed by atoms with Gasteiger partial charge in [0.1, 0.15) is 11.6 Å². The molecule has 8 aromatic rings. The summed E-state index contributed by atoms with van der Waals surface area (Å²) < 4.78 is 3.44. The maximum absolute atomic E-state index is 13.0. The molecule has 0 radical (unpaired) electrons. The van der Waals surface area contributed by atoms with Gasteiger partial charge in [-0.15, -0.1) is 0 Å². The number of halogens is 3. The fourth-order valence-corrected chi connectivity index (χ4v) is 10.7. The molecule has 17 heteroatoms. The molecule has 4 heterocycles. The topological polar surface area (TPSA) is 160 Å². The van der Waals surface area contributed by atoms with Gasteiger partial charge in [0.05, 0.1) is 45.7 Å². The molecule has 83 heavy (non-hydrogen) atoms. The molecule has 2 aliphatic rings. The summed E-state index contributed by atoms with van der Waals surface area (Å²) >= 11 is 15.1. The van der Waals surface area contributed by atoms with Crippen LogP contribution in [0.5, 0.6) is 0 Å². The second-order valence-electron chi connectivity index (χ2n) is 22.4. The molecule has 0 spiro atoms. The largest absolute Gasteiger partial charge is 0.329 e. The minimum Gasteiger partial charge on any atom is -0.329 e. The summed E-state index contributed by atoms with van der Waals surface area (Å²) in [5.41, 5.74) is 7.37. The third-order valence-electron chi connectivity index (χ3n) is 14.3. The van der Waals surface area contributed by atoms with E-state index in [-0.39, 0.29) is 48.2 Å². The van der Waals surface area contributed by atoms with Crippen LogP contribution in [0.4, 0.5) is 9.59 Å². The van der Waals surface area contributed by atoms with Gasteiger partial charge in [0, 0.05) is 56.2 Å². The molecule has 0 bridgehead atoms. The monoisotopic (exact) mass is 1170 g/mol. The summed E-state index contributed by atoms with van der Waals surface area (Å²) in [6, 6.07) is 54.0. The molecule has 10 rings (SSSR count). The first kappa shape index (κ1) is 61.1. The Kier molecular flexibility index (Phi) is 20.1.